The van der Waals surface area contributed by atoms with E-state index in [1.54, 1.807) is 0 Å². The first-order chi connectivity index (χ1) is 14.2. The third kappa shape index (κ3) is 21.1. The van der Waals surface area contributed by atoms with Gasteiger partial charge in [-0.15, -0.1) is 0 Å². The lowest BCUT2D eigenvalue weighted by atomic mass is 10.1. The molecule has 30 heavy (non-hydrogen) atoms. The third-order valence-electron chi connectivity index (χ3n) is 4.80. The van der Waals surface area contributed by atoms with E-state index in [0.717, 1.165) is 25.7 Å². The Labute approximate surface area is 184 Å². The van der Waals surface area contributed by atoms with Crippen LogP contribution in [-0.2, 0) is 14.3 Å². The van der Waals surface area contributed by atoms with Gasteiger partial charge in [-0.25, -0.2) is 0 Å². The van der Waals surface area contributed by atoms with Crippen LogP contribution in [0.2, 0.25) is 0 Å². The number of esters is 1. The molecular weight excluding hydrogens is 378 g/mol. The standard InChI is InChI=1S/C25H45NO4/c1-5-6-7-8-9-10-11-12-13-14-15-16-17-18-19-20-25(29)30-23(21-24(27)28)22-26(2,3)4/h9-12,23H,5-8,13-22H2,1-4H3/b10-9+,12-11+. The van der Waals surface area contributed by atoms with Gasteiger partial charge in [-0.2, -0.15) is 0 Å². The van der Waals surface area contributed by atoms with Crippen LogP contribution < -0.4 is 5.11 Å². The summed E-state index contributed by atoms with van der Waals surface area (Å²) in [7, 11) is 5.83. The summed E-state index contributed by atoms with van der Waals surface area (Å²) in [4.78, 5) is 22.9. The second kappa shape index (κ2) is 18.2. The minimum Gasteiger partial charge on any atom is -0.550 e. The minimum atomic E-state index is -1.18. The van der Waals surface area contributed by atoms with E-state index < -0.39 is 12.1 Å². The zero-order chi connectivity index (χ0) is 22.7. The zero-order valence-electron chi connectivity index (χ0n) is 19.9. The highest BCUT2D eigenvalue weighted by Crippen LogP contribution is 2.11. The molecule has 0 radical (unpaired) electrons. The molecule has 5 heteroatoms. The lowest BCUT2D eigenvalue weighted by Crippen LogP contribution is -2.45. The number of rotatable bonds is 19. The number of carbonyl (C=O) groups excluding carboxylic acids is 2. The van der Waals surface area contributed by atoms with Crippen molar-refractivity contribution in [3.63, 3.8) is 0 Å². The Balaban J connectivity index is 3.70. The number of likely N-dealkylation sites (N-methyl/N-ethyl adjacent to an activating group) is 1. The van der Waals surface area contributed by atoms with E-state index in [9.17, 15) is 14.7 Å². The molecule has 5 nitrogen and oxygen atoms in total. The van der Waals surface area contributed by atoms with Crippen LogP contribution in [0.1, 0.15) is 90.4 Å². The molecule has 0 spiro atoms. The summed E-state index contributed by atoms with van der Waals surface area (Å²) in [5.41, 5.74) is 0. The maximum Gasteiger partial charge on any atom is 0.306 e. The molecule has 0 aromatic heterocycles. The number of nitrogens with zero attached hydrogens (tertiary/aromatic N) is 1. The molecule has 0 saturated heterocycles. The molecule has 0 amide bonds. The van der Waals surface area contributed by atoms with Crippen molar-refractivity contribution in [1.82, 2.24) is 0 Å². The van der Waals surface area contributed by atoms with Crippen LogP contribution in [0.25, 0.3) is 0 Å². The van der Waals surface area contributed by atoms with Gasteiger partial charge in [0, 0.05) is 18.8 Å². The minimum absolute atomic E-state index is 0.246. The molecule has 0 fully saturated rings. The van der Waals surface area contributed by atoms with Crippen LogP contribution in [0.15, 0.2) is 24.3 Å². The molecule has 1 unspecified atom stereocenters. The molecule has 1 atom stereocenters. The molecule has 0 bridgehead atoms. The van der Waals surface area contributed by atoms with Gasteiger partial charge in [0.05, 0.1) is 21.1 Å². The van der Waals surface area contributed by atoms with Crippen molar-refractivity contribution in [1.29, 1.82) is 0 Å². The molecule has 0 saturated carbocycles. The van der Waals surface area contributed by atoms with Crippen LogP contribution in [-0.4, -0.2) is 50.2 Å². The second-order valence-corrected chi connectivity index (χ2v) is 9.17. The first-order valence-electron chi connectivity index (χ1n) is 11.8. The van der Waals surface area contributed by atoms with Crippen LogP contribution in [0.3, 0.4) is 0 Å². The Bertz CT molecular complexity index is 506. The molecule has 0 aromatic rings. The van der Waals surface area contributed by atoms with E-state index in [1.807, 2.05) is 21.1 Å². The summed E-state index contributed by atoms with van der Waals surface area (Å²) < 4.78 is 5.91. The Kier molecular flexibility index (Phi) is 17.2. The monoisotopic (exact) mass is 423 g/mol. The van der Waals surface area contributed by atoms with Gasteiger partial charge in [0.2, 0.25) is 0 Å². The fourth-order valence-corrected chi connectivity index (χ4v) is 3.29. The summed E-state index contributed by atoms with van der Waals surface area (Å²) in [6.07, 6.45) is 21.0. The average molecular weight is 424 g/mol. The summed E-state index contributed by atoms with van der Waals surface area (Å²) in [5.74, 6) is -1.48. The lowest BCUT2D eigenvalue weighted by molar-refractivity contribution is -0.873. The maximum absolute atomic E-state index is 12.0. The first-order valence-corrected chi connectivity index (χ1v) is 11.8. The third-order valence-corrected chi connectivity index (χ3v) is 4.80. The van der Waals surface area contributed by atoms with E-state index in [1.165, 1.54) is 44.9 Å². The SMILES string of the molecule is CCCCC/C=C/C=C/CCCCCCCCC(=O)OC(CC(=O)[O-])C[N+](C)(C)C. The van der Waals surface area contributed by atoms with Gasteiger partial charge in [-0.3, -0.25) is 4.79 Å². The topological polar surface area (TPSA) is 66.4 Å². The number of hydrogen-bond donors (Lipinski definition) is 0. The molecule has 0 rings (SSSR count). The highest BCUT2D eigenvalue weighted by Gasteiger charge is 2.22. The first kappa shape index (κ1) is 28.4. The number of quaternary nitrogens is 1. The summed E-state index contributed by atoms with van der Waals surface area (Å²) >= 11 is 0. The van der Waals surface area contributed by atoms with Crippen LogP contribution >= 0.6 is 0 Å². The molecule has 0 aliphatic rings. The average Bonchev–Trinajstić information content (AvgIpc) is 2.63. The Morgan fingerprint density at radius 1 is 0.867 bits per heavy atom. The van der Waals surface area contributed by atoms with Crippen molar-refractivity contribution in [2.24, 2.45) is 0 Å². The van der Waals surface area contributed by atoms with Gasteiger partial charge in [-0.1, -0.05) is 69.8 Å². The number of unbranched alkanes of at least 4 members (excludes halogenated alkanes) is 9. The predicted octanol–water partition coefficient (Wildman–Crippen LogP) is 4.56. The van der Waals surface area contributed by atoms with Crippen molar-refractivity contribution in [3.05, 3.63) is 24.3 Å². The van der Waals surface area contributed by atoms with Crippen molar-refractivity contribution in [2.75, 3.05) is 27.7 Å². The second-order valence-electron chi connectivity index (χ2n) is 9.17. The highest BCUT2D eigenvalue weighted by atomic mass is 16.5. The quantitative estimate of drug-likeness (QED) is 0.132. The molecule has 0 heterocycles. The van der Waals surface area contributed by atoms with Crippen LogP contribution in [0.4, 0.5) is 0 Å². The fourth-order valence-electron chi connectivity index (χ4n) is 3.29. The fraction of sp³-hybridized carbons (Fsp3) is 0.760. The number of allylic oxidation sites excluding steroid dienone is 4. The molecular formula is C25H45NO4. The number of ether oxygens (including phenoxy) is 1. The normalized spacial score (nSPS) is 13.2. The van der Waals surface area contributed by atoms with Crippen LogP contribution in [0.5, 0.6) is 0 Å². The van der Waals surface area contributed by atoms with Gasteiger partial charge in [0.15, 0.2) is 6.10 Å². The van der Waals surface area contributed by atoms with E-state index in [4.69, 9.17) is 4.74 Å². The molecule has 0 aromatic carbocycles. The van der Waals surface area contributed by atoms with Gasteiger partial charge < -0.3 is 19.1 Å². The summed E-state index contributed by atoms with van der Waals surface area (Å²) in [5, 5.41) is 10.9. The Hall–Kier alpha value is -1.62. The largest absolute Gasteiger partial charge is 0.550 e. The van der Waals surface area contributed by atoms with E-state index in [2.05, 4.69) is 31.2 Å². The van der Waals surface area contributed by atoms with Crippen molar-refractivity contribution >= 4 is 11.9 Å². The van der Waals surface area contributed by atoms with Gasteiger partial charge in [-0.05, 0) is 32.1 Å². The highest BCUT2D eigenvalue weighted by molar-refractivity contribution is 5.70. The predicted molar refractivity (Wildman–Crippen MR) is 122 cm³/mol. The number of carboxylic acids is 1. The molecule has 0 aliphatic carbocycles. The van der Waals surface area contributed by atoms with Crippen molar-refractivity contribution < 1.29 is 23.9 Å². The Morgan fingerprint density at radius 2 is 1.40 bits per heavy atom. The number of carbonyl (C=O) groups is 2. The smallest absolute Gasteiger partial charge is 0.306 e. The number of hydrogen-bond acceptors (Lipinski definition) is 4. The van der Waals surface area contributed by atoms with Crippen molar-refractivity contribution in [2.45, 2.75) is 96.5 Å². The number of carboxylic acid groups (broad SMARTS) is 1. The lowest BCUT2D eigenvalue weighted by Gasteiger charge is -2.29. The zero-order valence-corrected chi connectivity index (χ0v) is 19.9. The molecule has 0 N–H and O–H groups in total. The summed E-state index contributed by atoms with van der Waals surface area (Å²) in [6, 6.07) is 0. The van der Waals surface area contributed by atoms with Crippen molar-refractivity contribution in [3.8, 4) is 0 Å². The molecule has 0 aliphatic heterocycles. The van der Waals surface area contributed by atoms with Gasteiger partial charge >= 0.3 is 5.97 Å². The van der Waals surface area contributed by atoms with Gasteiger partial charge in [0.1, 0.15) is 6.54 Å². The maximum atomic E-state index is 12.0. The Morgan fingerprint density at radius 3 is 1.93 bits per heavy atom. The number of aliphatic carboxylic acids is 1. The van der Waals surface area contributed by atoms with Gasteiger partial charge in [0.25, 0.3) is 0 Å². The van der Waals surface area contributed by atoms with Crippen LogP contribution in [0, 0.1) is 0 Å². The van der Waals surface area contributed by atoms with E-state index >= 15 is 0 Å². The van der Waals surface area contributed by atoms with E-state index in [-0.39, 0.29) is 12.4 Å². The molecule has 174 valence electrons. The summed E-state index contributed by atoms with van der Waals surface area (Å²) in [6.45, 7) is 2.69. The van der Waals surface area contributed by atoms with E-state index in [0.29, 0.717) is 17.4 Å².